The van der Waals surface area contributed by atoms with Gasteiger partial charge in [0.05, 0.1) is 12.2 Å². The lowest BCUT2D eigenvalue weighted by Crippen LogP contribution is -2.52. The fraction of sp³-hybridized carbons (Fsp3) is 1.00. The SMILES string of the molecule is CC1(C)CN(CC(N)C2CCCCC2)CCO1. The van der Waals surface area contributed by atoms with Crippen molar-refractivity contribution in [2.75, 3.05) is 26.2 Å². The largest absolute Gasteiger partial charge is 0.373 e. The van der Waals surface area contributed by atoms with Crippen LogP contribution in [0.1, 0.15) is 46.0 Å². The molecule has 3 nitrogen and oxygen atoms in total. The van der Waals surface area contributed by atoms with E-state index in [1.807, 2.05) is 0 Å². The van der Waals surface area contributed by atoms with Crippen LogP contribution < -0.4 is 5.73 Å². The lowest BCUT2D eigenvalue weighted by atomic mass is 9.84. The Morgan fingerprint density at radius 1 is 1.29 bits per heavy atom. The van der Waals surface area contributed by atoms with Crippen LogP contribution in [0.5, 0.6) is 0 Å². The topological polar surface area (TPSA) is 38.5 Å². The van der Waals surface area contributed by atoms with Gasteiger partial charge < -0.3 is 10.5 Å². The summed E-state index contributed by atoms with van der Waals surface area (Å²) < 4.78 is 5.74. The first-order valence-corrected chi connectivity index (χ1v) is 7.19. The van der Waals surface area contributed by atoms with Crippen molar-refractivity contribution in [3.05, 3.63) is 0 Å². The lowest BCUT2D eigenvalue weighted by Gasteiger charge is -2.40. The summed E-state index contributed by atoms with van der Waals surface area (Å²) in [4.78, 5) is 2.49. The highest BCUT2D eigenvalue weighted by Gasteiger charge is 2.29. The molecule has 0 radical (unpaired) electrons. The first-order chi connectivity index (χ1) is 8.07. The molecule has 100 valence electrons. The second kappa shape index (κ2) is 5.68. The minimum Gasteiger partial charge on any atom is -0.373 e. The van der Waals surface area contributed by atoms with Crippen molar-refractivity contribution in [2.45, 2.75) is 57.6 Å². The number of hydrogen-bond acceptors (Lipinski definition) is 3. The van der Waals surface area contributed by atoms with Crippen molar-refractivity contribution in [1.82, 2.24) is 4.90 Å². The third-order valence-electron chi connectivity index (χ3n) is 4.23. The summed E-state index contributed by atoms with van der Waals surface area (Å²) in [6.45, 7) is 8.32. The molecule has 0 bridgehead atoms. The van der Waals surface area contributed by atoms with Crippen LogP contribution in [-0.2, 0) is 4.74 Å². The van der Waals surface area contributed by atoms with E-state index in [0.29, 0.717) is 6.04 Å². The Morgan fingerprint density at radius 2 is 2.00 bits per heavy atom. The molecule has 3 heteroatoms. The van der Waals surface area contributed by atoms with Crippen molar-refractivity contribution in [1.29, 1.82) is 0 Å². The summed E-state index contributed by atoms with van der Waals surface area (Å²) in [7, 11) is 0. The number of hydrogen-bond donors (Lipinski definition) is 1. The molecule has 17 heavy (non-hydrogen) atoms. The standard InChI is InChI=1S/C14H28N2O/c1-14(2)11-16(8-9-17-14)10-13(15)12-6-4-3-5-7-12/h12-13H,3-11,15H2,1-2H3. The smallest absolute Gasteiger partial charge is 0.0753 e. The molecule has 2 rings (SSSR count). The van der Waals surface area contributed by atoms with Gasteiger partial charge in [0.25, 0.3) is 0 Å². The molecule has 0 aromatic heterocycles. The molecule has 1 aliphatic carbocycles. The first kappa shape index (κ1) is 13.3. The summed E-state index contributed by atoms with van der Waals surface area (Å²) in [6.07, 6.45) is 6.86. The molecule has 1 aliphatic heterocycles. The van der Waals surface area contributed by atoms with Crippen molar-refractivity contribution in [3.8, 4) is 0 Å². The van der Waals surface area contributed by atoms with E-state index in [9.17, 15) is 0 Å². The predicted octanol–water partition coefficient (Wildman–Crippen LogP) is 2.00. The van der Waals surface area contributed by atoms with Gasteiger partial charge in [-0.3, -0.25) is 4.90 Å². The van der Waals surface area contributed by atoms with Gasteiger partial charge in [0.2, 0.25) is 0 Å². The molecule has 0 aromatic carbocycles. The van der Waals surface area contributed by atoms with E-state index in [-0.39, 0.29) is 5.60 Å². The fourth-order valence-electron chi connectivity index (χ4n) is 3.28. The maximum Gasteiger partial charge on any atom is 0.0753 e. The van der Waals surface area contributed by atoms with E-state index in [2.05, 4.69) is 18.7 Å². The van der Waals surface area contributed by atoms with Crippen LogP contribution in [-0.4, -0.2) is 42.8 Å². The highest BCUT2D eigenvalue weighted by Crippen LogP contribution is 2.26. The van der Waals surface area contributed by atoms with Gasteiger partial charge in [0.15, 0.2) is 0 Å². The van der Waals surface area contributed by atoms with E-state index >= 15 is 0 Å². The zero-order chi connectivity index (χ0) is 12.3. The highest BCUT2D eigenvalue weighted by atomic mass is 16.5. The molecule has 2 fully saturated rings. The molecule has 1 saturated carbocycles. The van der Waals surface area contributed by atoms with Gasteiger partial charge in [-0.05, 0) is 32.6 Å². The van der Waals surface area contributed by atoms with Crippen LogP contribution in [0.15, 0.2) is 0 Å². The third-order valence-corrected chi connectivity index (χ3v) is 4.23. The van der Waals surface area contributed by atoms with Crippen molar-refractivity contribution in [3.63, 3.8) is 0 Å². The summed E-state index contributed by atoms with van der Waals surface area (Å²) in [5.41, 5.74) is 6.39. The molecular weight excluding hydrogens is 212 g/mol. The van der Waals surface area contributed by atoms with Gasteiger partial charge in [0.1, 0.15) is 0 Å². The van der Waals surface area contributed by atoms with E-state index < -0.39 is 0 Å². The number of morpholine rings is 1. The maximum atomic E-state index is 6.39. The monoisotopic (exact) mass is 240 g/mol. The summed E-state index contributed by atoms with van der Waals surface area (Å²) in [5, 5.41) is 0. The average Bonchev–Trinajstić information content (AvgIpc) is 2.29. The molecule has 1 saturated heterocycles. The zero-order valence-electron chi connectivity index (χ0n) is 11.5. The van der Waals surface area contributed by atoms with E-state index in [1.165, 1.54) is 32.1 Å². The molecule has 0 amide bonds. The summed E-state index contributed by atoms with van der Waals surface area (Å²) >= 11 is 0. The van der Waals surface area contributed by atoms with Crippen LogP contribution >= 0.6 is 0 Å². The van der Waals surface area contributed by atoms with Crippen molar-refractivity contribution in [2.24, 2.45) is 11.7 Å². The fourth-order valence-corrected chi connectivity index (χ4v) is 3.28. The van der Waals surface area contributed by atoms with Crippen LogP contribution in [0.4, 0.5) is 0 Å². The second-order valence-electron chi connectivity index (χ2n) is 6.41. The molecule has 0 aromatic rings. The van der Waals surface area contributed by atoms with Crippen molar-refractivity contribution >= 4 is 0 Å². The zero-order valence-corrected chi connectivity index (χ0v) is 11.5. The molecular formula is C14H28N2O. The number of ether oxygens (including phenoxy) is 1. The van der Waals surface area contributed by atoms with Gasteiger partial charge in [-0.25, -0.2) is 0 Å². The van der Waals surface area contributed by atoms with Crippen LogP contribution in [0, 0.1) is 5.92 Å². The number of rotatable bonds is 3. The highest BCUT2D eigenvalue weighted by molar-refractivity contribution is 4.84. The average molecular weight is 240 g/mol. The minimum atomic E-state index is 0.00450. The van der Waals surface area contributed by atoms with Crippen LogP contribution in [0.3, 0.4) is 0 Å². The van der Waals surface area contributed by atoms with Gasteiger partial charge in [-0.1, -0.05) is 19.3 Å². The first-order valence-electron chi connectivity index (χ1n) is 7.19. The van der Waals surface area contributed by atoms with Gasteiger partial charge in [-0.2, -0.15) is 0 Å². The van der Waals surface area contributed by atoms with Crippen LogP contribution in [0.25, 0.3) is 0 Å². The summed E-state index contributed by atoms with van der Waals surface area (Å²) in [6, 6.07) is 0.365. The van der Waals surface area contributed by atoms with E-state index in [0.717, 1.165) is 32.2 Å². The Hall–Kier alpha value is -0.120. The minimum absolute atomic E-state index is 0.00450. The molecule has 0 spiro atoms. The maximum absolute atomic E-state index is 6.39. The third kappa shape index (κ3) is 3.94. The quantitative estimate of drug-likeness (QED) is 0.820. The molecule has 2 aliphatic rings. The molecule has 1 unspecified atom stereocenters. The second-order valence-corrected chi connectivity index (χ2v) is 6.41. The van der Waals surface area contributed by atoms with Crippen LogP contribution in [0.2, 0.25) is 0 Å². The van der Waals surface area contributed by atoms with E-state index in [1.54, 1.807) is 0 Å². The molecule has 2 N–H and O–H groups in total. The molecule has 1 heterocycles. The predicted molar refractivity (Wildman–Crippen MR) is 71.0 cm³/mol. The van der Waals surface area contributed by atoms with Gasteiger partial charge in [-0.15, -0.1) is 0 Å². The Labute approximate surface area is 106 Å². The Kier molecular flexibility index (Phi) is 4.45. The normalized spacial score (nSPS) is 29.1. The Balaban J connectivity index is 1.79. The summed E-state index contributed by atoms with van der Waals surface area (Å²) in [5.74, 6) is 0.759. The Morgan fingerprint density at radius 3 is 2.65 bits per heavy atom. The number of nitrogens with zero attached hydrogens (tertiary/aromatic N) is 1. The van der Waals surface area contributed by atoms with E-state index in [4.69, 9.17) is 10.5 Å². The van der Waals surface area contributed by atoms with Gasteiger partial charge >= 0.3 is 0 Å². The molecule has 1 atom stereocenters. The Bertz CT molecular complexity index is 236. The lowest BCUT2D eigenvalue weighted by molar-refractivity contribution is -0.0881. The van der Waals surface area contributed by atoms with Crippen molar-refractivity contribution < 1.29 is 4.74 Å². The number of nitrogens with two attached hydrogens (primary N) is 1. The van der Waals surface area contributed by atoms with Gasteiger partial charge in [0, 0.05) is 25.7 Å².